The smallest absolute Gasteiger partial charge is 0.311 e. The summed E-state index contributed by atoms with van der Waals surface area (Å²) in [5, 5.41) is 9.32. The fourth-order valence-corrected chi connectivity index (χ4v) is 2.81. The summed E-state index contributed by atoms with van der Waals surface area (Å²) in [6, 6.07) is 3.84. The molecule has 22 heavy (non-hydrogen) atoms. The van der Waals surface area contributed by atoms with Gasteiger partial charge in [-0.05, 0) is 44.5 Å². The van der Waals surface area contributed by atoms with E-state index in [4.69, 9.17) is 0 Å². The van der Waals surface area contributed by atoms with Crippen molar-refractivity contribution in [2.24, 2.45) is 5.41 Å². The summed E-state index contributed by atoms with van der Waals surface area (Å²) >= 11 is 0. The number of amides is 1. The van der Waals surface area contributed by atoms with E-state index in [1.54, 1.807) is 24.2 Å². The lowest BCUT2D eigenvalue weighted by molar-refractivity contribution is -0.153. The van der Waals surface area contributed by atoms with Gasteiger partial charge in [-0.2, -0.15) is 0 Å². The van der Waals surface area contributed by atoms with Crippen LogP contribution in [-0.4, -0.2) is 58.4 Å². The van der Waals surface area contributed by atoms with Crippen molar-refractivity contribution in [1.82, 2.24) is 14.8 Å². The van der Waals surface area contributed by atoms with Gasteiger partial charge >= 0.3 is 5.97 Å². The van der Waals surface area contributed by atoms with Crippen LogP contribution in [0.4, 0.5) is 0 Å². The highest BCUT2D eigenvalue weighted by molar-refractivity contribution is 5.80. The van der Waals surface area contributed by atoms with E-state index in [-0.39, 0.29) is 12.5 Å². The SMILES string of the molecule is CN(CC(=O)N1CCCC(C)(C(=O)O)C1)Cc1ccncc1. The fraction of sp³-hybridized carbons (Fsp3) is 0.562. The van der Waals surface area contributed by atoms with Crippen LogP contribution in [0, 0.1) is 5.41 Å². The van der Waals surface area contributed by atoms with Crippen molar-refractivity contribution >= 4 is 11.9 Å². The molecule has 1 atom stereocenters. The molecule has 2 rings (SSSR count). The Morgan fingerprint density at radius 2 is 2.09 bits per heavy atom. The van der Waals surface area contributed by atoms with Gasteiger partial charge in [0, 0.05) is 32.0 Å². The number of carbonyl (C=O) groups excluding carboxylic acids is 1. The van der Waals surface area contributed by atoms with Crippen LogP contribution < -0.4 is 0 Å². The number of carboxylic acid groups (broad SMARTS) is 1. The molecule has 0 saturated carbocycles. The first-order chi connectivity index (χ1) is 10.4. The molecular formula is C16H23N3O3. The molecule has 6 nitrogen and oxygen atoms in total. The number of hydrogen-bond acceptors (Lipinski definition) is 4. The van der Waals surface area contributed by atoms with E-state index in [9.17, 15) is 14.7 Å². The summed E-state index contributed by atoms with van der Waals surface area (Å²) in [7, 11) is 1.89. The number of likely N-dealkylation sites (tertiary alicyclic amines) is 1. The molecule has 1 aliphatic heterocycles. The Kier molecular flexibility index (Phi) is 5.13. The Labute approximate surface area is 130 Å². The Morgan fingerprint density at radius 3 is 2.73 bits per heavy atom. The number of rotatable bonds is 5. The average Bonchev–Trinajstić information content (AvgIpc) is 2.48. The molecule has 120 valence electrons. The lowest BCUT2D eigenvalue weighted by Crippen LogP contribution is -2.50. The standard InChI is InChI=1S/C16H23N3O3/c1-16(15(21)22)6-3-9-19(12-16)14(20)11-18(2)10-13-4-7-17-8-5-13/h4-5,7-8H,3,6,9-12H2,1-2H3,(H,21,22). The topological polar surface area (TPSA) is 73.7 Å². The van der Waals surface area contributed by atoms with Gasteiger partial charge in [0.25, 0.3) is 0 Å². The molecule has 1 saturated heterocycles. The van der Waals surface area contributed by atoms with Gasteiger partial charge in [0.2, 0.25) is 5.91 Å². The Balaban J connectivity index is 1.90. The van der Waals surface area contributed by atoms with Crippen LogP contribution >= 0.6 is 0 Å². The molecule has 2 heterocycles. The monoisotopic (exact) mass is 305 g/mol. The number of carboxylic acids is 1. The zero-order chi connectivity index (χ0) is 16.2. The quantitative estimate of drug-likeness (QED) is 0.885. The zero-order valence-electron chi connectivity index (χ0n) is 13.2. The van der Waals surface area contributed by atoms with Crippen LogP contribution in [0.5, 0.6) is 0 Å². The Bertz CT molecular complexity index is 535. The maximum absolute atomic E-state index is 12.4. The fourth-order valence-electron chi connectivity index (χ4n) is 2.81. The largest absolute Gasteiger partial charge is 0.481 e. The molecule has 6 heteroatoms. The summed E-state index contributed by atoms with van der Waals surface area (Å²) in [5.41, 5.74) is 0.275. The number of pyridine rings is 1. The summed E-state index contributed by atoms with van der Waals surface area (Å²) in [5.74, 6) is -0.834. The van der Waals surface area contributed by atoms with Gasteiger partial charge in [-0.15, -0.1) is 0 Å². The molecule has 0 aromatic carbocycles. The van der Waals surface area contributed by atoms with Crippen LogP contribution in [0.25, 0.3) is 0 Å². The van der Waals surface area contributed by atoms with Crippen molar-refractivity contribution in [2.45, 2.75) is 26.3 Å². The van der Waals surface area contributed by atoms with E-state index in [2.05, 4.69) is 4.98 Å². The molecule has 0 spiro atoms. The molecule has 1 aromatic heterocycles. The Hall–Kier alpha value is -1.95. The van der Waals surface area contributed by atoms with Gasteiger partial charge in [-0.25, -0.2) is 0 Å². The average molecular weight is 305 g/mol. The van der Waals surface area contributed by atoms with Gasteiger partial charge in [0.05, 0.1) is 12.0 Å². The van der Waals surface area contributed by atoms with Crippen molar-refractivity contribution in [2.75, 3.05) is 26.7 Å². The number of aliphatic carboxylic acids is 1. The van der Waals surface area contributed by atoms with Crippen LogP contribution in [0.15, 0.2) is 24.5 Å². The molecule has 1 aliphatic rings. The minimum atomic E-state index is -0.824. The lowest BCUT2D eigenvalue weighted by atomic mass is 9.82. The van der Waals surface area contributed by atoms with Crippen molar-refractivity contribution in [3.63, 3.8) is 0 Å². The highest BCUT2D eigenvalue weighted by Crippen LogP contribution is 2.29. The summed E-state index contributed by atoms with van der Waals surface area (Å²) < 4.78 is 0. The maximum atomic E-state index is 12.4. The number of hydrogen-bond donors (Lipinski definition) is 1. The van der Waals surface area contributed by atoms with Crippen molar-refractivity contribution in [3.05, 3.63) is 30.1 Å². The molecule has 0 aliphatic carbocycles. The number of nitrogens with zero attached hydrogens (tertiary/aromatic N) is 3. The number of piperidine rings is 1. The van der Waals surface area contributed by atoms with Gasteiger partial charge in [0.15, 0.2) is 0 Å². The van der Waals surface area contributed by atoms with Crippen LogP contribution in [-0.2, 0) is 16.1 Å². The van der Waals surface area contributed by atoms with E-state index in [0.29, 0.717) is 26.1 Å². The van der Waals surface area contributed by atoms with Crippen molar-refractivity contribution in [1.29, 1.82) is 0 Å². The van der Waals surface area contributed by atoms with E-state index in [1.807, 2.05) is 24.1 Å². The summed E-state index contributed by atoms with van der Waals surface area (Å²) in [4.78, 5) is 31.3. The second-order valence-corrected chi connectivity index (χ2v) is 6.31. The van der Waals surface area contributed by atoms with E-state index in [0.717, 1.165) is 12.0 Å². The van der Waals surface area contributed by atoms with E-state index in [1.165, 1.54) is 0 Å². The second kappa shape index (κ2) is 6.87. The van der Waals surface area contributed by atoms with Gasteiger partial charge < -0.3 is 10.0 Å². The predicted molar refractivity (Wildman–Crippen MR) is 82.1 cm³/mol. The summed E-state index contributed by atoms with van der Waals surface area (Å²) in [6.07, 6.45) is 4.82. The molecule has 0 radical (unpaired) electrons. The van der Waals surface area contributed by atoms with E-state index < -0.39 is 11.4 Å². The highest BCUT2D eigenvalue weighted by Gasteiger charge is 2.39. The molecule has 1 amide bonds. The Morgan fingerprint density at radius 1 is 1.41 bits per heavy atom. The van der Waals surface area contributed by atoms with Gasteiger partial charge in [-0.1, -0.05) is 0 Å². The highest BCUT2D eigenvalue weighted by atomic mass is 16.4. The van der Waals surface area contributed by atoms with Crippen molar-refractivity contribution < 1.29 is 14.7 Å². The van der Waals surface area contributed by atoms with E-state index >= 15 is 0 Å². The first kappa shape index (κ1) is 16.4. The second-order valence-electron chi connectivity index (χ2n) is 6.31. The third-order valence-electron chi connectivity index (χ3n) is 4.17. The van der Waals surface area contributed by atoms with Crippen molar-refractivity contribution in [3.8, 4) is 0 Å². The predicted octanol–water partition coefficient (Wildman–Crippen LogP) is 1.23. The summed E-state index contributed by atoms with van der Waals surface area (Å²) in [6.45, 7) is 3.61. The molecule has 1 fully saturated rings. The lowest BCUT2D eigenvalue weighted by Gasteiger charge is -2.38. The molecule has 1 N–H and O–H groups in total. The third kappa shape index (κ3) is 4.04. The minimum Gasteiger partial charge on any atom is -0.481 e. The molecular weight excluding hydrogens is 282 g/mol. The number of aromatic nitrogens is 1. The molecule has 0 bridgehead atoms. The normalized spacial score (nSPS) is 21.9. The third-order valence-corrected chi connectivity index (χ3v) is 4.17. The van der Waals surface area contributed by atoms with Crippen LogP contribution in [0.3, 0.4) is 0 Å². The first-order valence-electron chi connectivity index (χ1n) is 7.49. The number of carbonyl (C=O) groups is 2. The van der Waals surface area contributed by atoms with Crippen LogP contribution in [0.2, 0.25) is 0 Å². The van der Waals surface area contributed by atoms with Gasteiger partial charge in [-0.3, -0.25) is 19.5 Å². The maximum Gasteiger partial charge on any atom is 0.311 e. The molecule has 1 unspecified atom stereocenters. The minimum absolute atomic E-state index is 0.0104. The number of likely N-dealkylation sites (N-methyl/N-ethyl adjacent to an activating group) is 1. The molecule has 1 aromatic rings. The first-order valence-corrected chi connectivity index (χ1v) is 7.49. The van der Waals surface area contributed by atoms with Gasteiger partial charge in [0.1, 0.15) is 0 Å². The zero-order valence-corrected chi connectivity index (χ0v) is 13.2. The van der Waals surface area contributed by atoms with Crippen LogP contribution in [0.1, 0.15) is 25.3 Å².